The average Bonchev–Trinajstić information content (AvgIpc) is 2.35. The number of hydrogen-bond donors (Lipinski definition) is 4. The molecule has 0 radical (unpaired) electrons. The number of rotatable bonds is 5. The molecule has 0 aliphatic heterocycles. The Hall–Kier alpha value is -2.47. The minimum atomic E-state index is -1.32. The van der Waals surface area contributed by atoms with Gasteiger partial charge in [-0.2, -0.15) is 0 Å². The van der Waals surface area contributed by atoms with Crippen LogP contribution in [0, 0.1) is 0 Å². The van der Waals surface area contributed by atoms with Gasteiger partial charge in [-0.1, -0.05) is 24.8 Å². The first kappa shape index (κ1) is 12.6. The van der Waals surface area contributed by atoms with E-state index >= 15 is 0 Å². The van der Waals surface area contributed by atoms with Crippen LogP contribution in [0.4, 0.5) is 0 Å². The van der Waals surface area contributed by atoms with Crippen molar-refractivity contribution in [3.63, 3.8) is 0 Å². The van der Waals surface area contributed by atoms with Crippen LogP contribution in [0.3, 0.4) is 0 Å². The summed E-state index contributed by atoms with van der Waals surface area (Å²) in [6, 6.07) is 6.86. The fourth-order valence-corrected chi connectivity index (χ4v) is 1.08. The molecule has 6 N–H and O–H groups in total. The second-order valence-corrected chi connectivity index (χ2v) is 3.07. The zero-order valence-electron chi connectivity index (χ0n) is 9.01. The van der Waals surface area contributed by atoms with Gasteiger partial charge in [-0.05, 0) is 17.7 Å². The maximum absolute atomic E-state index is 10.6. The van der Waals surface area contributed by atoms with Crippen LogP contribution in [0.1, 0.15) is 5.56 Å². The number of hydrazine groups is 1. The molecular weight excluding hydrogens is 222 g/mol. The molecule has 0 unspecified atom stereocenters. The first-order valence-electron chi connectivity index (χ1n) is 4.68. The predicted molar refractivity (Wildman–Crippen MR) is 63.3 cm³/mol. The van der Waals surface area contributed by atoms with Gasteiger partial charge in [0.15, 0.2) is 5.70 Å². The minimum absolute atomic E-state index is 0.223. The zero-order valence-corrected chi connectivity index (χ0v) is 9.01. The van der Waals surface area contributed by atoms with Gasteiger partial charge in [0.25, 0.3) is 0 Å². The fourth-order valence-electron chi connectivity index (χ4n) is 1.08. The molecule has 17 heavy (non-hydrogen) atoms. The number of nitrogens with one attached hydrogen (secondary N) is 1. The molecule has 0 aliphatic carbocycles. The molecule has 6 nitrogen and oxygen atoms in total. The van der Waals surface area contributed by atoms with Crippen molar-refractivity contribution in [3.8, 4) is 5.75 Å². The Balaban J connectivity index is 2.99. The van der Waals surface area contributed by atoms with Crippen molar-refractivity contribution in [2.24, 2.45) is 11.6 Å². The monoisotopic (exact) mass is 235 g/mol. The van der Waals surface area contributed by atoms with E-state index in [0.29, 0.717) is 5.75 Å². The molecule has 1 rings (SSSR count). The average molecular weight is 235 g/mol. The highest BCUT2D eigenvalue weighted by Crippen LogP contribution is 2.16. The number of hydrogen-bond acceptors (Lipinski definition) is 5. The van der Waals surface area contributed by atoms with Crippen molar-refractivity contribution in [2.75, 3.05) is 0 Å². The molecule has 90 valence electrons. The van der Waals surface area contributed by atoms with Gasteiger partial charge in [0.1, 0.15) is 5.75 Å². The smallest absolute Gasteiger partial charge is 0.357 e. The van der Waals surface area contributed by atoms with E-state index in [-0.39, 0.29) is 5.88 Å². The Morgan fingerprint density at radius 1 is 1.53 bits per heavy atom. The molecule has 0 fully saturated rings. The summed E-state index contributed by atoms with van der Waals surface area (Å²) in [7, 11) is 0. The van der Waals surface area contributed by atoms with Gasteiger partial charge in [-0.15, -0.1) is 0 Å². The third-order valence-electron chi connectivity index (χ3n) is 1.92. The summed E-state index contributed by atoms with van der Waals surface area (Å²) < 4.78 is 5.22. The van der Waals surface area contributed by atoms with Crippen LogP contribution in [0.5, 0.6) is 5.75 Å². The summed E-state index contributed by atoms with van der Waals surface area (Å²) >= 11 is 0. The lowest BCUT2D eigenvalue weighted by molar-refractivity contribution is -0.132. The Labute approximate surface area is 98.1 Å². The molecule has 0 amide bonds. The number of carboxylic acids is 1. The number of nitrogens with two attached hydrogens (primary N) is 2. The Kier molecular flexibility index (Phi) is 4.13. The Morgan fingerprint density at radius 2 is 2.24 bits per heavy atom. The van der Waals surface area contributed by atoms with Gasteiger partial charge in [-0.3, -0.25) is 5.43 Å². The highest BCUT2D eigenvalue weighted by molar-refractivity contribution is 5.85. The summed E-state index contributed by atoms with van der Waals surface area (Å²) in [4.78, 5) is 10.6. The van der Waals surface area contributed by atoms with E-state index in [1.54, 1.807) is 24.3 Å². The van der Waals surface area contributed by atoms with Crippen LogP contribution in [0.25, 0.3) is 6.08 Å². The normalized spacial score (nSPS) is 11.4. The van der Waals surface area contributed by atoms with E-state index in [4.69, 9.17) is 21.4 Å². The van der Waals surface area contributed by atoms with Crippen LogP contribution >= 0.6 is 0 Å². The highest BCUT2D eigenvalue weighted by Gasteiger charge is 2.11. The van der Waals surface area contributed by atoms with E-state index in [0.717, 1.165) is 5.56 Å². The molecule has 0 saturated carbocycles. The largest absolute Gasteiger partial charge is 0.476 e. The molecular formula is C11H13N3O3. The summed E-state index contributed by atoms with van der Waals surface area (Å²) in [5, 5.41) is 8.69. The number of benzene rings is 1. The van der Waals surface area contributed by atoms with E-state index in [9.17, 15) is 4.79 Å². The van der Waals surface area contributed by atoms with E-state index < -0.39 is 11.7 Å². The van der Waals surface area contributed by atoms with Gasteiger partial charge >= 0.3 is 5.97 Å². The Morgan fingerprint density at radius 3 is 2.76 bits per heavy atom. The van der Waals surface area contributed by atoms with Crippen molar-refractivity contribution in [1.82, 2.24) is 5.43 Å². The molecule has 0 heterocycles. The van der Waals surface area contributed by atoms with Gasteiger partial charge in [0, 0.05) is 0 Å². The Bertz CT molecular complexity index is 469. The maximum Gasteiger partial charge on any atom is 0.357 e. The molecule has 0 spiro atoms. The van der Waals surface area contributed by atoms with Crippen molar-refractivity contribution in [2.45, 2.75) is 0 Å². The highest BCUT2D eigenvalue weighted by atomic mass is 16.5. The molecule has 0 atom stereocenters. The molecule has 0 aromatic heterocycles. The number of carboxylic acid groups (broad SMARTS) is 1. The van der Waals surface area contributed by atoms with Gasteiger partial charge in [0.2, 0.25) is 5.88 Å². The summed E-state index contributed by atoms with van der Waals surface area (Å²) in [6.07, 6.45) is 1.63. The molecule has 0 bridgehead atoms. The summed E-state index contributed by atoms with van der Waals surface area (Å²) in [5.41, 5.74) is 7.70. The third kappa shape index (κ3) is 3.25. The number of aliphatic carboxylic acids is 1. The first-order valence-corrected chi connectivity index (χ1v) is 4.68. The second kappa shape index (κ2) is 5.57. The maximum atomic E-state index is 10.6. The lowest BCUT2D eigenvalue weighted by Crippen LogP contribution is -2.31. The van der Waals surface area contributed by atoms with Crippen LogP contribution in [-0.4, -0.2) is 11.1 Å². The minimum Gasteiger partial charge on any atom is -0.476 e. The second-order valence-electron chi connectivity index (χ2n) is 3.07. The van der Waals surface area contributed by atoms with Crippen LogP contribution in [-0.2, 0) is 4.79 Å². The first-order chi connectivity index (χ1) is 8.08. The van der Waals surface area contributed by atoms with Crippen LogP contribution in [0.15, 0.2) is 42.4 Å². The topological polar surface area (TPSA) is 111 Å². The molecule has 1 aromatic rings. The SMILES string of the molecule is C=Cc1cccc(O/C(NN)=C(/N)C(=O)O)c1. The summed E-state index contributed by atoms with van der Waals surface area (Å²) in [6.45, 7) is 3.61. The van der Waals surface area contributed by atoms with Crippen LogP contribution in [0.2, 0.25) is 0 Å². The number of carbonyl (C=O) groups is 1. The quantitative estimate of drug-likeness (QED) is 0.254. The van der Waals surface area contributed by atoms with Crippen molar-refractivity contribution in [3.05, 3.63) is 48.0 Å². The van der Waals surface area contributed by atoms with E-state index in [1.807, 2.05) is 6.07 Å². The molecule has 6 heteroatoms. The van der Waals surface area contributed by atoms with Crippen molar-refractivity contribution < 1.29 is 14.6 Å². The van der Waals surface area contributed by atoms with Crippen LogP contribution < -0.4 is 21.7 Å². The summed E-state index contributed by atoms with van der Waals surface area (Å²) in [5.74, 6) is 3.99. The third-order valence-corrected chi connectivity index (χ3v) is 1.92. The molecule has 1 aromatic carbocycles. The predicted octanol–water partition coefficient (Wildman–Crippen LogP) is 0.384. The van der Waals surface area contributed by atoms with Gasteiger partial charge in [0.05, 0.1) is 0 Å². The lowest BCUT2D eigenvalue weighted by atomic mass is 10.2. The van der Waals surface area contributed by atoms with Gasteiger partial charge < -0.3 is 15.6 Å². The van der Waals surface area contributed by atoms with Crippen molar-refractivity contribution in [1.29, 1.82) is 0 Å². The number of ether oxygens (including phenoxy) is 1. The molecule has 0 saturated heterocycles. The van der Waals surface area contributed by atoms with Crippen molar-refractivity contribution >= 4 is 12.0 Å². The molecule has 0 aliphatic rings. The fraction of sp³-hybridized carbons (Fsp3) is 0. The van der Waals surface area contributed by atoms with E-state index in [1.165, 1.54) is 0 Å². The van der Waals surface area contributed by atoms with E-state index in [2.05, 4.69) is 12.0 Å². The standard InChI is InChI=1S/C11H13N3O3/c1-2-7-4-3-5-8(6-7)17-10(14-13)9(12)11(15)16/h2-6,14H,1,12-13H2,(H,15,16)/b10-9+. The zero-order chi connectivity index (χ0) is 12.8. The van der Waals surface area contributed by atoms with Gasteiger partial charge in [-0.25, -0.2) is 10.6 Å². The lowest BCUT2D eigenvalue weighted by Gasteiger charge is -2.10.